The van der Waals surface area contributed by atoms with E-state index in [4.69, 9.17) is 14.3 Å². The van der Waals surface area contributed by atoms with Gasteiger partial charge in [-0.25, -0.2) is 12.7 Å². The molecule has 1 fully saturated rings. The highest BCUT2D eigenvalue weighted by atomic mass is 32.2. The smallest absolute Gasteiger partial charge is 0.221 e. The van der Waals surface area contributed by atoms with Crippen LogP contribution >= 0.6 is 0 Å². The van der Waals surface area contributed by atoms with Crippen LogP contribution in [0.4, 0.5) is 0 Å². The number of ether oxygens (including phenoxy) is 2. The quantitative estimate of drug-likeness (QED) is 0.704. The van der Waals surface area contributed by atoms with Crippen LogP contribution in [0.1, 0.15) is 17.2 Å². The van der Waals surface area contributed by atoms with Crippen LogP contribution in [-0.2, 0) is 21.4 Å². The molecular weight excluding hydrogens is 380 g/mol. The monoisotopic (exact) mass is 406 g/mol. The Hall–Kier alpha value is -2.13. The molecule has 8 heteroatoms. The number of rotatable bonds is 7. The first-order valence-electron chi connectivity index (χ1n) is 8.95. The van der Waals surface area contributed by atoms with Crippen molar-refractivity contribution in [3.05, 3.63) is 59.7 Å². The molecule has 2 atom stereocenters. The Morgan fingerprint density at radius 1 is 1.11 bits per heavy atom. The highest BCUT2D eigenvalue weighted by molar-refractivity contribution is 7.89. The molecule has 0 saturated carbocycles. The van der Waals surface area contributed by atoms with Crippen molar-refractivity contribution >= 4 is 10.0 Å². The normalized spacial score (nSPS) is 20.5. The second kappa shape index (κ2) is 8.48. The highest BCUT2D eigenvalue weighted by Crippen LogP contribution is 2.42. The van der Waals surface area contributed by atoms with Crippen molar-refractivity contribution < 1.29 is 22.7 Å². The third-order valence-corrected chi connectivity index (χ3v) is 7.16. The second-order valence-electron chi connectivity index (χ2n) is 6.69. The Morgan fingerprint density at radius 3 is 2.46 bits per heavy atom. The summed E-state index contributed by atoms with van der Waals surface area (Å²) in [5.74, 6) is 1.06. The Labute approximate surface area is 166 Å². The summed E-state index contributed by atoms with van der Waals surface area (Å²) >= 11 is 0. The fourth-order valence-electron chi connectivity index (χ4n) is 3.55. The fraction of sp³-hybridized carbons (Fsp3) is 0.400. The molecule has 1 heterocycles. The minimum atomic E-state index is -3.64. The minimum absolute atomic E-state index is 0.0724. The predicted molar refractivity (Wildman–Crippen MR) is 107 cm³/mol. The van der Waals surface area contributed by atoms with Crippen molar-refractivity contribution in [1.82, 2.24) is 9.37 Å². The van der Waals surface area contributed by atoms with E-state index < -0.39 is 21.3 Å². The van der Waals surface area contributed by atoms with E-state index in [1.807, 2.05) is 42.5 Å². The fourth-order valence-corrected chi connectivity index (χ4v) is 5.22. The van der Waals surface area contributed by atoms with E-state index in [9.17, 15) is 8.42 Å². The molecule has 0 aliphatic carbocycles. The van der Waals surface area contributed by atoms with E-state index in [0.29, 0.717) is 23.6 Å². The number of sulfonamides is 1. The van der Waals surface area contributed by atoms with Gasteiger partial charge in [0.1, 0.15) is 5.25 Å². The van der Waals surface area contributed by atoms with Gasteiger partial charge in [0.2, 0.25) is 10.0 Å². The Morgan fingerprint density at radius 2 is 1.82 bits per heavy atom. The summed E-state index contributed by atoms with van der Waals surface area (Å²) in [5.41, 5.74) is 1.64. The zero-order valence-corrected chi connectivity index (χ0v) is 17.3. The molecule has 3 rings (SSSR count). The zero-order chi connectivity index (χ0) is 20.3. The molecule has 28 heavy (non-hydrogen) atoms. The number of nitrogens with zero attached hydrogens (tertiary/aromatic N) is 2. The van der Waals surface area contributed by atoms with E-state index in [0.717, 1.165) is 5.56 Å². The Bertz CT molecular complexity index is 904. The molecule has 0 bridgehead atoms. The molecule has 2 unspecified atom stereocenters. The van der Waals surface area contributed by atoms with Gasteiger partial charge >= 0.3 is 0 Å². The van der Waals surface area contributed by atoms with E-state index >= 15 is 0 Å². The van der Waals surface area contributed by atoms with Crippen LogP contribution in [0.15, 0.2) is 48.5 Å². The molecule has 2 aromatic carbocycles. The summed E-state index contributed by atoms with van der Waals surface area (Å²) < 4.78 is 39.0. The minimum Gasteiger partial charge on any atom is -0.493 e. The maximum Gasteiger partial charge on any atom is 0.221 e. The summed E-state index contributed by atoms with van der Waals surface area (Å²) in [4.78, 5) is 5.62. The average molecular weight is 407 g/mol. The Balaban J connectivity index is 1.95. The van der Waals surface area contributed by atoms with Crippen molar-refractivity contribution in [2.45, 2.75) is 17.8 Å². The first-order valence-corrected chi connectivity index (χ1v) is 10.5. The predicted octanol–water partition coefficient (Wildman–Crippen LogP) is 2.45. The standard InChI is InChI=1S/C20H26N2O5S/c1-21(13-15-9-6-5-7-10-15)28(23,24)18-14-27-22(2)19(18)16-11-8-12-17(25-3)20(16)26-4/h5-12,18-19H,13-14H2,1-4H3. The molecule has 7 nitrogen and oxygen atoms in total. The molecular formula is C20H26N2O5S. The zero-order valence-electron chi connectivity index (χ0n) is 16.5. The number of para-hydroxylation sites is 1. The van der Waals surface area contributed by atoms with Crippen LogP contribution in [0.5, 0.6) is 11.5 Å². The first-order chi connectivity index (χ1) is 13.4. The number of hydroxylamine groups is 2. The maximum atomic E-state index is 13.4. The van der Waals surface area contributed by atoms with Crippen molar-refractivity contribution in [2.24, 2.45) is 0 Å². The molecule has 0 N–H and O–H groups in total. The van der Waals surface area contributed by atoms with E-state index in [1.54, 1.807) is 39.4 Å². The first kappa shape index (κ1) is 20.6. The topological polar surface area (TPSA) is 68.3 Å². The van der Waals surface area contributed by atoms with Gasteiger partial charge in [-0.1, -0.05) is 42.5 Å². The van der Waals surface area contributed by atoms with Gasteiger partial charge in [-0.05, 0) is 11.6 Å². The van der Waals surface area contributed by atoms with Gasteiger partial charge in [-0.15, -0.1) is 0 Å². The lowest BCUT2D eigenvalue weighted by molar-refractivity contribution is -0.110. The largest absolute Gasteiger partial charge is 0.493 e. The molecule has 0 spiro atoms. The van der Waals surface area contributed by atoms with Gasteiger partial charge < -0.3 is 9.47 Å². The molecule has 1 saturated heterocycles. The van der Waals surface area contributed by atoms with Gasteiger partial charge in [-0.2, -0.15) is 5.06 Å². The second-order valence-corrected chi connectivity index (χ2v) is 8.95. The molecule has 0 aromatic heterocycles. The maximum absolute atomic E-state index is 13.4. The molecule has 1 aliphatic rings. The van der Waals surface area contributed by atoms with Gasteiger partial charge in [0.15, 0.2) is 11.5 Å². The molecule has 0 radical (unpaired) electrons. The summed E-state index contributed by atoms with van der Waals surface area (Å²) in [5, 5.41) is 0.808. The van der Waals surface area contributed by atoms with Gasteiger partial charge in [0, 0.05) is 26.2 Å². The lowest BCUT2D eigenvalue weighted by Gasteiger charge is -2.28. The molecule has 152 valence electrons. The Kier molecular flexibility index (Phi) is 6.24. The lowest BCUT2D eigenvalue weighted by atomic mass is 10.0. The third-order valence-electron chi connectivity index (χ3n) is 5.00. The molecule has 1 aliphatic heterocycles. The van der Waals surface area contributed by atoms with E-state index in [1.165, 1.54) is 4.31 Å². The summed E-state index contributed by atoms with van der Waals surface area (Å²) in [6, 6.07) is 14.4. The molecule has 0 amide bonds. The van der Waals surface area contributed by atoms with Gasteiger partial charge in [0.25, 0.3) is 0 Å². The third kappa shape index (κ3) is 3.86. The number of benzene rings is 2. The SMILES string of the molecule is COc1cccc(C2C(S(=O)(=O)N(C)Cc3ccccc3)CON2C)c1OC. The summed E-state index contributed by atoms with van der Waals surface area (Å²) in [6.45, 7) is 0.369. The number of methoxy groups -OCH3 is 2. The summed E-state index contributed by atoms with van der Waals surface area (Å²) in [6.07, 6.45) is 0. The summed E-state index contributed by atoms with van der Waals surface area (Å²) in [7, 11) is 2.79. The van der Waals surface area contributed by atoms with Crippen LogP contribution in [-0.4, -0.2) is 58.0 Å². The molecule has 2 aromatic rings. The van der Waals surface area contributed by atoms with Crippen LogP contribution in [0.2, 0.25) is 0 Å². The van der Waals surface area contributed by atoms with E-state index in [2.05, 4.69) is 0 Å². The van der Waals surface area contributed by atoms with Crippen molar-refractivity contribution in [1.29, 1.82) is 0 Å². The van der Waals surface area contributed by atoms with Crippen molar-refractivity contribution in [3.8, 4) is 11.5 Å². The van der Waals surface area contributed by atoms with Crippen LogP contribution in [0.3, 0.4) is 0 Å². The van der Waals surface area contributed by atoms with Crippen LogP contribution in [0, 0.1) is 0 Å². The van der Waals surface area contributed by atoms with Crippen LogP contribution in [0.25, 0.3) is 0 Å². The van der Waals surface area contributed by atoms with Crippen molar-refractivity contribution in [2.75, 3.05) is 34.9 Å². The number of hydrogen-bond acceptors (Lipinski definition) is 6. The van der Waals surface area contributed by atoms with Gasteiger partial charge in [-0.3, -0.25) is 4.84 Å². The van der Waals surface area contributed by atoms with Crippen molar-refractivity contribution in [3.63, 3.8) is 0 Å². The van der Waals surface area contributed by atoms with E-state index in [-0.39, 0.29) is 6.61 Å². The average Bonchev–Trinajstić information content (AvgIpc) is 3.10. The number of hydrogen-bond donors (Lipinski definition) is 0. The van der Waals surface area contributed by atoms with Gasteiger partial charge in [0.05, 0.1) is 26.9 Å². The van der Waals surface area contributed by atoms with Crippen LogP contribution < -0.4 is 9.47 Å². The highest BCUT2D eigenvalue weighted by Gasteiger charge is 2.46. The lowest BCUT2D eigenvalue weighted by Crippen LogP contribution is -2.40.